The SMILES string of the molecule is CC(=O)N[C@@H]1OC(=O)C(c2ccc(C3=CCN(C(=O)OC(C)(C)C)CC3)cc2)C1C. The first-order valence-electron chi connectivity index (χ1n) is 10.3. The van der Waals surface area contributed by atoms with Crippen molar-refractivity contribution in [3.63, 3.8) is 0 Å². The van der Waals surface area contributed by atoms with Crippen molar-refractivity contribution in [2.24, 2.45) is 5.92 Å². The molecule has 7 heteroatoms. The van der Waals surface area contributed by atoms with Crippen LogP contribution in [0.4, 0.5) is 4.79 Å². The third kappa shape index (κ3) is 5.01. The second kappa shape index (κ2) is 8.50. The Kier molecular flexibility index (Phi) is 6.19. The molecule has 2 amide bonds. The van der Waals surface area contributed by atoms with E-state index in [0.29, 0.717) is 13.1 Å². The molecular formula is C23H30N2O5. The van der Waals surface area contributed by atoms with Crippen molar-refractivity contribution >= 4 is 23.5 Å². The predicted octanol–water partition coefficient (Wildman–Crippen LogP) is 3.45. The Hall–Kier alpha value is -2.83. The monoisotopic (exact) mass is 414 g/mol. The Morgan fingerprint density at radius 2 is 1.87 bits per heavy atom. The highest BCUT2D eigenvalue weighted by atomic mass is 16.6. The van der Waals surface area contributed by atoms with E-state index in [0.717, 1.165) is 17.5 Å². The molecule has 0 spiro atoms. The molecule has 0 aromatic heterocycles. The molecule has 1 saturated heterocycles. The van der Waals surface area contributed by atoms with Crippen molar-refractivity contribution in [1.82, 2.24) is 10.2 Å². The van der Waals surface area contributed by atoms with Gasteiger partial charge in [0.25, 0.3) is 0 Å². The number of esters is 1. The van der Waals surface area contributed by atoms with Crippen molar-refractivity contribution in [2.45, 2.75) is 58.8 Å². The van der Waals surface area contributed by atoms with E-state index in [2.05, 4.69) is 5.32 Å². The van der Waals surface area contributed by atoms with E-state index in [1.165, 1.54) is 12.5 Å². The molecule has 0 saturated carbocycles. The number of ether oxygens (including phenoxy) is 2. The molecule has 1 fully saturated rings. The van der Waals surface area contributed by atoms with Crippen LogP contribution >= 0.6 is 0 Å². The zero-order valence-corrected chi connectivity index (χ0v) is 18.2. The number of nitrogens with one attached hydrogen (secondary N) is 1. The summed E-state index contributed by atoms with van der Waals surface area (Å²) in [7, 11) is 0. The zero-order valence-electron chi connectivity index (χ0n) is 18.2. The van der Waals surface area contributed by atoms with Crippen molar-refractivity contribution in [3.05, 3.63) is 41.5 Å². The van der Waals surface area contributed by atoms with Gasteiger partial charge in [-0.15, -0.1) is 0 Å². The Labute approximate surface area is 177 Å². The minimum atomic E-state index is -0.598. The third-order valence-electron chi connectivity index (χ3n) is 5.35. The lowest BCUT2D eigenvalue weighted by atomic mass is 9.87. The van der Waals surface area contributed by atoms with Gasteiger partial charge >= 0.3 is 12.1 Å². The molecule has 1 aromatic carbocycles. The molecule has 2 unspecified atom stereocenters. The Morgan fingerprint density at radius 3 is 2.40 bits per heavy atom. The second-order valence-electron chi connectivity index (χ2n) is 8.92. The van der Waals surface area contributed by atoms with Crippen LogP contribution in [0.25, 0.3) is 5.57 Å². The molecule has 162 valence electrons. The average molecular weight is 415 g/mol. The molecule has 2 aliphatic heterocycles. The van der Waals surface area contributed by atoms with Gasteiger partial charge in [0.05, 0.1) is 5.92 Å². The zero-order chi connectivity index (χ0) is 22.1. The van der Waals surface area contributed by atoms with Crippen LogP contribution in [0.2, 0.25) is 0 Å². The summed E-state index contributed by atoms with van der Waals surface area (Å²) in [5, 5.41) is 2.68. The van der Waals surface area contributed by atoms with Crippen LogP contribution in [0.1, 0.15) is 58.1 Å². The smallest absolute Gasteiger partial charge is 0.410 e. The molecule has 30 heavy (non-hydrogen) atoms. The summed E-state index contributed by atoms with van der Waals surface area (Å²) in [6.45, 7) is 10.00. The molecule has 0 radical (unpaired) electrons. The van der Waals surface area contributed by atoms with Crippen LogP contribution in [0, 0.1) is 5.92 Å². The molecule has 0 bridgehead atoms. The van der Waals surface area contributed by atoms with Gasteiger partial charge in [-0.2, -0.15) is 0 Å². The van der Waals surface area contributed by atoms with Crippen LogP contribution in [0.5, 0.6) is 0 Å². The average Bonchev–Trinajstić information content (AvgIpc) is 2.93. The minimum Gasteiger partial charge on any atom is -0.444 e. The minimum absolute atomic E-state index is 0.150. The summed E-state index contributed by atoms with van der Waals surface area (Å²) < 4.78 is 10.8. The molecular weight excluding hydrogens is 384 g/mol. The normalized spacial score (nSPS) is 24.2. The van der Waals surface area contributed by atoms with Gasteiger partial charge in [-0.25, -0.2) is 4.79 Å². The predicted molar refractivity (Wildman–Crippen MR) is 112 cm³/mol. The topological polar surface area (TPSA) is 84.9 Å². The first-order chi connectivity index (χ1) is 14.0. The van der Waals surface area contributed by atoms with E-state index >= 15 is 0 Å². The van der Waals surface area contributed by atoms with Gasteiger partial charge in [-0.1, -0.05) is 37.3 Å². The van der Waals surface area contributed by atoms with Crippen LogP contribution in [-0.2, 0) is 19.1 Å². The largest absolute Gasteiger partial charge is 0.444 e. The van der Waals surface area contributed by atoms with E-state index in [-0.39, 0.29) is 23.9 Å². The number of cyclic esters (lactones) is 1. The maximum absolute atomic E-state index is 12.3. The van der Waals surface area contributed by atoms with E-state index < -0.39 is 17.7 Å². The molecule has 2 aliphatic rings. The highest BCUT2D eigenvalue weighted by Crippen LogP contribution is 2.36. The van der Waals surface area contributed by atoms with Gasteiger partial charge in [-0.3, -0.25) is 9.59 Å². The fourth-order valence-corrected chi connectivity index (χ4v) is 3.82. The first-order valence-corrected chi connectivity index (χ1v) is 10.3. The number of amides is 2. The Bertz CT molecular complexity index is 853. The van der Waals surface area contributed by atoms with Gasteiger partial charge < -0.3 is 19.7 Å². The summed E-state index contributed by atoms with van der Waals surface area (Å²) >= 11 is 0. The van der Waals surface area contributed by atoms with Gasteiger partial charge in [0, 0.05) is 25.9 Å². The lowest BCUT2D eigenvalue weighted by Crippen LogP contribution is -2.39. The van der Waals surface area contributed by atoms with Crippen molar-refractivity contribution in [1.29, 1.82) is 0 Å². The maximum Gasteiger partial charge on any atom is 0.410 e. The quantitative estimate of drug-likeness (QED) is 0.766. The summed E-state index contributed by atoms with van der Waals surface area (Å²) in [5.74, 6) is -1.10. The summed E-state index contributed by atoms with van der Waals surface area (Å²) in [6.07, 6.45) is 1.89. The lowest BCUT2D eigenvalue weighted by molar-refractivity contribution is -0.144. The second-order valence-corrected chi connectivity index (χ2v) is 8.92. The summed E-state index contributed by atoms with van der Waals surface area (Å²) in [5.41, 5.74) is 2.60. The van der Waals surface area contributed by atoms with Crippen LogP contribution in [-0.4, -0.2) is 47.8 Å². The number of rotatable bonds is 3. The van der Waals surface area contributed by atoms with Crippen LogP contribution in [0.15, 0.2) is 30.3 Å². The molecule has 1 N–H and O–H groups in total. The molecule has 3 atom stereocenters. The Balaban J connectivity index is 1.66. The highest BCUT2D eigenvalue weighted by Gasteiger charge is 2.43. The van der Waals surface area contributed by atoms with E-state index in [9.17, 15) is 14.4 Å². The van der Waals surface area contributed by atoms with E-state index in [1.54, 1.807) is 4.90 Å². The molecule has 2 heterocycles. The van der Waals surface area contributed by atoms with Crippen LogP contribution in [0.3, 0.4) is 0 Å². The summed E-state index contributed by atoms with van der Waals surface area (Å²) in [4.78, 5) is 37.5. The molecule has 1 aromatic rings. The standard InChI is InChI=1S/C23H30N2O5/c1-14-19(21(27)29-20(14)24-15(2)26)18-8-6-16(7-9-18)17-10-12-25(13-11-17)22(28)30-23(3,4)5/h6-10,14,19-20H,11-13H2,1-5H3,(H,24,26)/t14?,19?,20-/m1/s1. The fourth-order valence-electron chi connectivity index (χ4n) is 3.82. The van der Waals surface area contributed by atoms with E-state index in [4.69, 9.17) is 9.47 Å². The number of carbonyl (C=O) groups excluding carboxylic acids is 3. The molecule has 3 rings (SSSR count). The van der Waals surface area contributed by atoms with E-state index in [1.807, 2.05) is 58.0 Å². The van der Waals surface area contributed by atoms with Crippen molar-refractivity contribution in [3.8, 4) is 0 Å². The summed E-state index contributed by atoms with van der Waals surface area (Å²) in [6, 6.07) is 7.87. The van der Waals surface area contributed by atoms with Gasteiger partial charge in [0.2, 0.25) is 5.91 Å². The maximum atomic E-state index is 12.3. The number of carbonyl (C=O) groups is 3. The van der Waals surface area contributed by atoms with Crippen molar-refractivity contribution in [2.75, 3.05) is 13.1 Å². The van der Waals surface area contributed by atoms with Gasteiger partial charge in [0.1, 0.15) is 5.60 Å². The number of hydrogen-bond acceptors (Lipinski definition) is 5. The molecule has 7 nitrogen and oxygen atoms in total. The molecule has 0 aliphatic carbocycles. The van der Waals surface area contributed by atoms with Crippen LogP contribution < -0.4 is 5.32 Å². The fraction of sp³-hybridized carbons (Fsp3) is 0.522. The van der Waals surface area contributed by atoms with Gasteiger partial charge in [-0.05, 0) is 43.9 Å². The third-order valence-corrected chi connectivity index (χ3v) is 5.35. The van der Waals surface area contributed by atoms with Gasteiger partial charge in [0.15, 0.2) is 6.23 Å². The first kappa shape index (κ1) is 21.9. The highest BCUT2D eigenvalue weighted by molar-refractivity contribution is 5.82. The number of nitrogens with zero attached hydrogens (tertiary/aromatic N) is 1. The lowest BCUT2D eigenvalue weighted by Gasteiger charge is -2.29. The van der Waals surface area contributed by atoms with Crippen molar-refractivity contribution < 1.29 is 23.9 Å². The number of hydrogen-bond donors (Lipinski definition) is 1. The number of benzene rings is 1. The Morgan fingerprint density at radius 1 is 1.20 bits per heavy atom.